The third-order valence-electron chi connectivity index (χ3n) is 9.45. The summed E-state index contributed by atoms with van der Waals surface area (Å²) in [6, 6.07) is 5.75. The predicted octanol–water partition coefficient (Wildman–Crippen LogP) is 0.759. The maximum atomic E-state index is 11.0. The summed E-state index contributed by atoms with van der Waals surface area (Å²) in [4.78, 5) is 22.4. The van der Waals surface area contributed by atoms with Gasteiger partial charge in [-0.05, 0) is 49.8 Å². The van der Waals surface area contributed by atoms with Gasteiger partial charge in [-0.1, -0.05) is 19.9 Å². The molecule has 2 aliphatic rings. The van der Waals surface area contributed by atoms with Crippen molar-refractivity contribution in [3.8, 4) is 0 Å². The van der Waals surface area contributed by atoms with Crippen LogP contribution in [-0.2, 0) is 10.2 Å². The van der Waals surface area contributed by atoms with Crippen LogP contribution in [0.1, 0.15) is 63.8 Å². The molecule has 0 spiro atoms. The molecule has 6 unspecified atom stereocenters. The summed E-state index contributed by atoms with van der Waals surface area (Å²) >= 11 is 0. The number of aliphatic hydroxyl groups is 5. The van der Waals surface area contributed by atoms with Gasteiger partial charge < -0.3 is 41.0 Å². The highest BCUT2D eigenvalue weighted by atomic mass is 16.6. The van der Waals surface area contributed by atoms with Crippen LogP contribution in [-0.4, -0.2) is 110 Å². The summed E-state index contributed by atoms with van der Waals surface area (Å²) in [6.07, 6.45) is 0.120. The minimum atomic E-state index is -1.22. The number of nitrogens with zero attached hydrogens (tertiary/aromatic N) is 6. The lowest BCUT2D eigenvalue weighted by molar-refractivity contribution is -0.0699. The van der Waals surface area contributed by atoms with Gasteiger partial charge in [-0.25, -0.2) is 19.9 Å². The molecule has 4 heterocycles. The number of anilines is 1. The third-order valence-corrected chi connectivity index (χ3v) is 9.45. The quantitative estimate of drug-likeness (QED) is 0.125. The van der Waals surface area contributed by atoms with Crippen molar-refractivity contribution in [2.24, 2.45) is 5.92 Å². The van der Waals surface area contributed by atoms with Crippen LogP contribution < -0.4 is 5.73 Å². The molecule has 4 aromatic rings. The Morgan fingerprint density at radius 1 is 1.16 bits per heavy atom. The van der Waals surface area contributed by atoms with Crippen LogP contribution in [0.4, 0.5) is 5.82 Å². The Kier molecular flexibility index (Phi) is 8.34. The Bertz CT molecular complexity index is 1600. The van der Waals surface area contributed by atoms with Crippen LogP contribution in [0, 0.1) is 5.92 Å². The standard InChI is InChI=1S/C30H42N8O6/c1-15(11-39)37(10-22-24(42)25(43)29(44-22)38-14-34-23-26(31)32-13-33-28(23)38)18-6-16(7-18)8-21(41)27-35-19-5-4-17(9-20(19)36-27)30(2,3)12-40/h4-5,9,13-16,18,21-22,24-25,29,39-43H,6-8,10-12H2,1-3H3,(H,35,36)(H2,31,32,33). The van der Waals surface area contributed by atoms with Gasteiger partial charge in [-0.15, -0.1) is 0 Å². The van der Waals surface area contributed by atoms with Gasteiger partial charge in [0.05, 0.1) is 30.6 Å². The van der Waals surface area contributed by atoms with E-state index in [0.717, 1.165) is 29.4 Å². The molecule has 2 fully saturated rings. The van der Waals surface area contributed by atoms with Crippen LogP contribution >= 0.6 is 0 Å². The topological polar surface area (TPSA) is 212 Å². The number of aliphatic hydroxyl groups excluding tert-OH is 5. The number of ether oxygens (including phenoxy) is 1. The fourth-order valence-corrected chi connectivity index (χ4v) is 6.46. The van der Waals surface area contributed by atoms with Gasteiger partial charge in [-0.3, -0.25) is 9.47 Å². The molecule has 1 saturated heterocycles. The van der Waals surface area contributed by atoms with Gasteiger partial charge in [0.2, 0.25) is 0 Å². The number of hydrogen-bond acceptors (Lipinski definition) is 12. The van der Waals surface area contributed by atoms with E-state index in [-0.39, 0.29) is 42.4 Å². The molecule has 8 N–H and O–H groups in total. The number of H-pyrrole nitrogens is 1. The van der Waals surface area contributed by atoms with Gasteiger partial charge in [0.15, 0.2) is 17.7 Å². The van der Waals surface area contributed by atoms with Crippen LogP contribution in [0.5, 0.6) is 0 Å². The van der Waals surface area contributed by atoms with Crippen molar-refractivity contribution >= 4 is 28.0 Å². The van der Waals surface area contributed by atoms with Crippen LogP contribution in [0.15, 0.2) is 30.9 Å². The Balaban J connectivity index is 1.09. The molecule has 1 aromatic carbocycles. The first kappa shape index (κ1) is 30.8. The predicted molar refractivity (Wildman–Crippen MR) is 161 cm³/mol. The second-order valence-electron chi connectivity index (χ2n) is 13.0. The number of hydrogen-bond donors (Lipinski definition) is 7. The zero-order valence-corrected chi connectivity index (χ0v) is 25.2. The lowest BCUT2D eigenvalue weighted by atomic mass is 9.75. The minimum Gasteiger partial charge on any atom is -0.395 e. The highest BCUT2D eigenvalue weighted by Crippen LogP contribution is 2.40. The molecule has 1 saturated carbocycles. The Morgan fingerprint density at radius 3 is 2.66 bits per heavy atom. The largest absolute Gasteiger partial charge is 0.395 e. The van der Waals surface area contributed by atoms with Crippen molar-refractivity contribution < 1.29 is 30.3 Å². The number of nitrogen functional groups attached to an aromatic ring is 1. The van der Waals surface area contributed by atoms with E-state index in [1.54, 1.807) is 4.57 Å². The number of aromatic amines is 1. The van der Waals surface area contributed by atoms with Crippen LogP contribution in [0.25, 0.3) is 22.2 Å². The van der Waals surface area contributed by atoms with Crippen molar-refractivity contribution in [2.75, 3.05) is 25.5 Å². The van der Waals surface area contributed by atoms with Crippen molar-refractivity contribution in [3.63, 3.8) is 0 Å². The fraction of sp³-hybridized carbons (Fsp3) is 0.600. The number of imidazole rings is 2. The van der Waals surface area contributed by atoms with Gasteiger partial charge in [-0.2, -0.15) is 0 Å². The summed E-state index contributed by atoms with van der Waals surface area (Å²) in [5.74, 6) is 0.975. The maximum absolute atomic E-state index is 11.0. The lowest BCUT2D eigenvalue weighted by Crippen LogP contribution is -2.54. The maximum Gasteiger partial charge on any atom is 0.167 e. The number of fused-ring (bicyclic) bond motifs is 2. The third kappa shape index (κ3) is 5.55. The highest BCUT2D eigenvalue weighted by Gasteiger charge is 2.47. The Labute approximate surface area is 254 Å². The van der Waals surface area contributed by atoms with Crippen molar-refractivity contribution in [1.82, 2.24) is 34.4 Å². The number of aromatic nitrogens is 6. The second-order valence-corrected chi connectivity index (χ2v) is 13.0. The van der Waals surface area contributed by atoms with Crippen molar-refractivity contribution in [2.45, 2.75) is 88.2 Å². The summed E-state index contributed by atoms with van der Waals surface area (Å²) in [5, 5.41) is 52.6. The average Bonchev–Trinajstić information content (AvgIpc) is 3.69. The zero-order chi connectivity index (χ0) is 31.3. The molecule has 238 valence electrons. The molecular formula is C30H42N8O6. The Hall–Kier alpha value is -3.24. The van der Waals surface area contributed by atoms with Crippen molar-refractivity contribution in [3.05, 3.63) is 42.2 Å². The molecule has 6 rings (SSSR count). The van der Waals surface area contributed by atoms with Gasteiger partial charge >= 0.3 is 0 Å². The summed E-state index contributed by atoms with van der Waals surface area (Å²) < 4.78 is 7.72. The first-order chi connectivity index (χ1) is 21.0. The SMILES string of the molecule is CC(CO)N(CC1OC(n2cnc3c(N)ncnc32)C(O)C1O)C1CC(CC(O)c2nc3ccc(C(C)(C)CO)cc3[nH]2)C1. The molecule has 44 heavy (non-hydrogen) atoms. The van der Waals surface area contributed by atoms with E-state index < -0.39 is 30.6 Å². The molecule has 6 atom stereocenters. The molecule has 1 aliphatic heterocycles. The first-order valence-corrected chi connectivity index (χ1v) is 15.1. The second kappa shape index (κ2) is 11.9. The first-order valence-electron chi connectivity index (χ1n) is 15.1. The molecule has 0 amide bonds. The smallest absolute Gasteiger partial charge is 0.167 e. The monoisotopic (exact) mass is 610 g/mol. The van der Waals surface area contributed by atoms with E-state index in [1.165, 1.54) is 12.7 Å². The molecule has 3 aromatic heterocycles. The van der Waals surface area contributed by atoms with Crippen LogP contribution in [0.2, 0.25) is 0 Å². The normalized spacial score (nSPS) is 27.3. The van der Waals surface area contributed by atoms with Gasteiger partial charge in [0.25, 0.3) is 0 Å². The average molecular weight is 611 g/mol. The van der Waals surface area contributed by atoms with E-state index in [1.807, 2.05) is 39.0 Å². The summed E-state index contributed by atoms with van der Waals surface area (Å²) in [5.41, 5.74) is 8.88. The minimum absolute atomic E-state index is 0.0244. The number of benzene rings is 1. The Morgan fingerprint density at radius 2 is 1.93 bits per heavy atom. The van der Waals surface area contributed by atoms with Gasteiger partial charge in [0, 0.05) is 24.0 Å². The highest BCUT2D eigenvalue weighted by molar-refractivity contribution is 5.81. The van der Waals surface area contributed by atoms with E-state index in [4.69, 9.17) is 10.5 Å². The lowest BCUT2D eigenvalue weighted by Gasteiger charge is -2.46. The number of rotatable bonds is 11. The molecule has 14 heteroatoms. The van der Waals surface area contributed by atoms with E-state index in [9.17, 15) is 25.5 Å². The summed E-state index contributed by atoms with van der Waals surface area (Å²) in [7, 11) is 0. The van der Waals surface area contributed by atoms with Gasteiger partial charge in [0.1, 0.15) is 42.1 Å². The fourth-order valence-electron chi connectivity index (χ4n) is 6.46. The number of nitrogens with two attached hydrogens (primary N) is 1. The molecule has 0 radical (unpaired) electrons. The van der Waals surface area contributed by atoms with Crippen molar-refractivity contribution in [1.29, 1.82) is 0 Å². The number of nitrogens with one attached hydrogen (secondary N) is 1. The van der Waals surface area contributed by atoms with Crippen LogP contribution in [0.3, 0.4) is 0 Å². The van der Waals surface area contributed by atoms with E-state index >= 15 is 0 Å². The van der Waals surface area contributed by atoms with E-state index in [2.05, 4.69) is 29.8 Å². The molecular weight excluding hydrogens is 568 g/mol. The van der Waals surface area contributed by atoms with E-state index in [0.29, 0.717) is 30.0 Å². The summed E-state index contributed by atoms with van der Waals surface area (Å²) in [6.45, 7) is 6.12. The molecule has 14 nitrogen and oxygen atoms in total. The zero-order valence-electron chi connectivity index (χ0n) is 25.2. The molecule has 0 bridgehead atoms. The molecule has 1 aliphatic carbocycles.